The zero-order valence-corrected chi connectivity index (χ0v) is 15.9. The highest BCUT2D eigenvalue weighted by atomic mass is 32.1. The molecule has 4 aromatic rings. The Labute approximate surface area is 160 Å². The fourth-order valence-corrected chi connectivity index (χ4v) is 4.49. The molecule has 4 rings (SSSR count). The lowest BCUT2D eigenvalue weighted by Crippen LogP contribution is -2.12. The molecule has 0 saturated carbocycles. The van der Waals surface area contributed by atoms with Crippen LogP contribution < -0.4 is 5.32 Å². The number of thiophene rings is 1. The second kappa shape index (κ2) is 7.13. The summed E-state index contributed by atoms with van der Waals surface area (Å²) in [6, 6.07) is 12.7. The van der Waals surface area contributed by atoms with Gasteiger partial charge in [0.15, 0.2) is 0 Å². The molecule has 0 aliphatic rings. The number of amides is 1. The van der Waals surface area contributed by atoms with Crippen LogP contribution in [0.1, 0.15) is 22.2 Å². The molecule has 0 aliphatic carbocycles. The fourth-order valence-electron chi connectivity index (χ4n) is 3.37. The van der Waals surface area contributed by atoms with Crippen LogP contribution in [0.15, 0.2) is 48.7 Å². The van der Waals surface area contributed by atoms with E-state index in [0.717, 1.165) is 22.1 Å². The molecule has 2 heterocycles. The first-order chi connectivity index (χ1) is 13.1. The van der Waals surface area contributed by atoms with Gasteiger partial charge >= 0.3 is 0 Å². The molecular formula is C21H19FN2O2S. The third kappa shape index (κ3) is 3.11. The Balaban J connectivity index is 1.70. The Morgan fingerprint density at radius 2 is 2.11 bits per heavy atom. The number of hydrogen-bond donors (Lipinski definition) is 1. The van der Waals surface area contributed by atoms with Crippen molar-refractivity contribution in [3.8, 4) is 0 Å². The van der Waals surface area contributed by atoms with Crippen molar-refractivity contribution in [3.05, 3.63) is 64.9 Å². The van der Waals surface area contributed by atoms with Gasteiger partial charge in [0.05, 0.1) is 11.5 Å². The molecule has 2 aromatic carbocycles. The van der Waals surface area contributed by atoms with Gasteiger partial charge in [0, 0.05) is 52.1 Å². The summed E-state index contributed by atoms with van der Waals surface area (Å²) >= 11 is 1.28. The first-order valence-electron chi connectivity index (χ1n) is 8.71. The zero-order chi connectivity index (χ0) is 19.0. The van der Waals surface area contributed by atoms with Crippen molar-refractivity contribution in [1.29, 1.82) is 0 Å². The molecule has 4 nitrogen and oxygen atoms in total. The number of rotatable bonds is 5. The molecule has 0 spiro atoms. The summed E-state index contributed by atoms with van der Waals surface area (Å²) in [5.41, 5.74) is 2.42. The van der Waals surface area contributed by atoms with Crippen LogP contribution in [0.5, 0.6) is 0 Å². The molecule has 1 amide bonds. The minimum absolute atomic E-state index is 0.183. The van der Waals surface area contributed by atoms with E-state index in [0.29, 0.717) is 21.5 Å². The fraction of sp³-hybridized carbons (Fsp3) is 0.190. The summed E-state index contributed by atoms with van der Waals surface area (Å²) in [6.45, 7) is 3.16. The van der Waals surface area contributed by atoms with Crippen LogP contribution in [0.4, 0.5) is 10.1 Å². The van der Waals surface area contributed by atoms with Crippen LogP contribution in [-0.2, 0) is 17.9 Å². The van der Waals surface area contributed by atoms with Crippen molar-refractivity contribution in [1.82, 2.24) is 4.57 Å². The van der Waals surface area contributed by atoms with E-state index in [1.165, 1.54) is 17.4 Å². The van der Waals surface area contributed by atoms with Gasteiger partial charge < -0.3 is 14.6 Å². The third-order valence-corrected chi connectivity index (χ3v) is 5.82. The molecular weight excluding hydrogens is 363 g/mol. The summed E-state index contributed by atoms with van der Waals surface area (Å²) in [6.07, 6.45) is 2.03. The highest BCUT2D eigenvalue weighted by Gasteiger charge is 2.21. The number of ether oxygens (including phenoxy) is 1. The summed E-state index contributed by atoms with van der Waals surface area (Å²) in [4.78, 5) is 13.4. The Morgan fingerprint density at radius 1 is 1.26 bits per heavy atom. The second-order valence-electron chi connectivity index (χ2n) is 6.29. The van der Waals surface area contributed by atoms with Crippen LogP contribution in [0, 0.1) is 5.82 Å². The van der Waals surface area contributed by atoms with Crippen LogP contribution >= 0.6 is 11.3 Å². The van der Waals surface area contributed by atoms with Crippen LogP contribution in [0.3, 0.4) is 0 Å². The first-order valence-corrected chi connectivity index (χ1v) is 9.53. The molecule has 27 heavy (non-hydrogen) atoms. The molecule has 138 valence electrons. The Bertz CT molecular complexity index is 1150. The van der Waals surface area contributed by atoms with Gasteiger partial charge in [-0.1, -0.05) is 6.07 Å². The van der Waals surface area contributed by atoms with Crippen molar-refractivity contribution in [3.63, 3.8) is 0 Å². The molecule has 0 fully saturated rings. The largest absolute Gasteiger partial charge is 0.380 e. The minimum atomic E-state index is -0.336. The lowest BCUT2D eigenvalue weighted by molar-refractivity contribution is 0.102. The van der Waals surface area contributed by atoms with Crippen LogP contribution in [0.2, 0.25) is 0 Å². The maximum Gasteiger partial charge on any atom is 0.266 e. The predicted molar refractivity (Wildman–Crippen MR) is 108 cm³/mol. The number of benzene rings is 2. The average Bonchev–Trinajstić information content (AvgIpc) is 3.24. The molecule has 2 aromatic heterocycles. The van der Waals surface area contributed by atoms with E-state index in [-0.39, 0.29) is 18.3 Å². The predicted octanol–water partition coefficient (Wildman–Crippen LogP) is 5.41. The number of halogens is 1. The lowest BCUT2D eigenvalue weighted by atomic mass is 10.1. The molecule has 0 radical (unpaired) electrons. The van der Waals surface area contributed by atoms with E-state index >= 15 is 0 Å². The summed E-state index contributed by atoms with van der Waals surface area (Å²) in [5, 5.41) is 4.47. The van der Waals surface area contributed by atoms with Gasteiger partial charge in [0.2, 0.25) is 0 Å². The number of nitrogens with one attached hydrogen (secondary N) is 1. The first kappa shape index (κ1) is 17.7. The Kier molecular flexibility index (Phi) is 4.68. The maximum absolute atomic E-state index is 14.3. The van der Waals surface area contributed by atoms with Crippen molar-refractivity contribution in [2.45, 2.75) is 20.1 Å². The van der Waals surface area contributed by atoms with E-state index < -0.39 is 0 Å². The highest BCUT2D eigenvalue weighted by molar-refractivity contribution is 7.21. The SMILES string of the molecule is CCn1ccc2cc(NC(=O)c3sc4cccc(F)c4c3COC)ccc21. The molecule has 0 atom stereocenters. The van der Waals surface area contributed by atoms with Gasteiger partial charge in [0.25, 0.3) is 5.91 Å². The molecule has 0 saturated heterocycles. The molecule has 1 N–H and O–H groups in total. The standard InChI is InChI=1S/C21H19FN2O2S/c1-3-24-10-9-13-11-14(7-8-17(13)24)23-21(25)20-15(12-26-2)19-16(22)5-4-6-18(19)27-20/h4-11H,3,12H2,1-2H3,(H,23,25). The van der Waals surface area contributed by atoms with Crippen molar-refractivity contribution >= 4 is 43.9 Å². The zero-order valence-electron chi connectivity index (χ0n) is 15.1. The third-order valence-electron chi connectivity index (χ3n) is 4.63. The molecule has 0 bridgehead atoms. The van der Waals surface area contributed by atoms with Gasteiger partial charge in [0.1, 0.15) is 5.82 Å². The number of aryl methyl sites for hydroxylation is 1. The highest BCUT2D eigenvalue weighted by Crippen LogP contribution is 2.34. The minimum Gasteiger partial charge on any atom is -0.380 e. The summed E-state index contributed by atoms with van der Waals surface area (Å²) in [7, 11) is 1.54. The molecule has 0 aliphatic heterocycles. The number of methoxy groups -OCH3 is 1. The van der Waals surface area contributed by atoms with Gasteiger partial charge in [-0.25, -0.2) is 4.39 Å². The number of hydrogen-bond acceptors (Lipinski definition) is 3. The van der Waals surface area contributed by atoms with Crippen LogP contribution in [-0.4, -0.2) is 17.6 Å². The molecule has 6 heteroatoms. The van der Waals surface area contributed by atoms with Gasteiger partial charge in [-0.05, 0) is 43.3 Å². The maximum atomic E-state index is 14.3. The van der Waals surface area contributed by atoms with Crippen molar-refractivity contribution in [2.75, 3.05) is 12.4 Å². The lowest BCUT2D eigenvalue weighted by Gasteiger charge is -2.07. The van der Waals surface area contributed by atoms with Crippen LogP contribution in [0.25, 0.3) is 21.0 Å². The van der Waals surface area contributed by atoms with Crippen molar-refractivity contribution in [2.24, 2.45) is 0 Å². The van der Waals surface area contributed by atoms with E-state index in [1.807, 2.05) is 36.5 Å². The number of carbonyl (C=O) groups is 1. The van der Waals surface area contributed by atoms with Gasteiger partial charge in [-0.2, -0.15) is 0 Å². The Hall–Kier alpha value is -2.70. The van der Waals surface area contributed by atoms with E-state index in [9.17, 15) is 9.18 Å². The van der Waals surface area contributed by atoms with E-state index in [2.05, 4.69) is 16.8 Å². The van der Waals surface area contributed by atoms with Gasteiger partial charge in [-0.15, -0.1) is 11.3 Å². The smallest absolute Gasteiger partial charge is 0.266 e. The number of aromatic nitrogens is 1. The number of carbonyl (C=O) groups excluding carboxylic acids is 1. The number of fused-ring (bicyclic) bond motifs is 2. The Morgan fingerprint density at radius 3 is 2.89 bits per heavy atom. The van der Waals surface area contributed by atoms with Gasteiger partial charge in [-0.3, -0.25) is 4.79 Å². The average molecular weight is 382 g/mol. The topological polar surface area (TPSA) is 43.3 Å². The molecule has 0 unspecified atom stereocenters. The van der Waals surface area contributed by atoms with E-state index in [1.54, 1.807) is 13.2 Å². The summed E-state index contributed by atoms with van der Waals surface area (Å²) < 4.78 is 22.4. The summed E-state index contributed by atoms with van der Waals surface area (Å²) in [5.74, 6) is -0.589. The number of nitrogens with zero attached hydrogens (tertiary/aromatic N) is 1. The normalized spacial score (nSPS) is 11.4. The monoisotopic (exact) mass is 382 g/mol. The number of anilines is 1. The van der Waals surface area contributed by atoms with E-state index in [4.69, 9.17) is 4.74 Å². The quantitative estimate of drug-likeness (QED) is 0.501. The van der Waals surface area contributed by atoms with Crippen molar-refractivity contribution < 1.29 is 13.9 Å². The second-order valence-corrected chi connectivity index (χ2v) is 7.34.